The first-order chi connectivity index (χ1) is 5.29. The van der Waals surface area contributed by atoms with Gasteiger partial charge < -0.3 is 4.74 Å². The number of hydrogen-bond acceptors (Lipinski definition) is 3. The molecule has 2 rings (SSSR count). The second kappa shape index (κ2) is 2.19. The van der Waals surface area contributed by atoms with Crippen molar-refractivity contribution in [2.45, 2.75) is 12.8 Å². The summed E-state index contributed by atoms with van der Waals surface area (Å²) in [7, 11) is 0. The zero-order valence-corrected chi connectivity index (χ0v) is 5.95. The Labute approximate surface area is 64.0 Å². The van der Waals surface area contributed by atoms with Gasteiger partial charge in [-0.05, 0) is 12.8 Å². The molecule has 0 unspecified atom stereocenters. The molecule has 2 aliphatic rings. The Balaban J connectivity index is 2.28. The lowest BCUT2D eigenvalue weighted by Crippen LogP contribution is -2.18. The minimum absolute atomic E-state index is 0.188. The van der Waals surface area contributed by atoms with Crippen molar-refractivity contribution in [1.29, 1.82) is 0 Å². The number of hydrogen-bond donors (Lipinski definition) is 0. The van der Waals surface area contributed by atoms with E-state index >= 15 is 0 Å². The molecule has 1 aliphatic heterocycles. The van der Waals surface area contributed by atoms with Crippen molar-refractivity contribution in [3.63, 3.8) is 0 Å². The van der Waals surface area contributed by atoms with Gasteiger partial charge in [-0.15, -0.1) is 0 Å². The molecule has 0 aromatic carbocycles. The second-order valence-electron chi connectivity index (χ2n) is 2.90. The molecule has 0 bridgehead atoms. The SMILES string of the molecule is O=C1OC(=O)[C@H]2CC=CC[C@H]12. The Morgan fingerprint density at radius 3 is 2.00 bits per heavy atom. The first-order valence-electron chi connectivity index (χ1n) is 3.69. The highest BCUT2D eigenvalue weighted by molar-refractivity contribution is 5.96. The second-order valence-corrected chi connectivity index (χ2v) is 2.90. The molecule has 1 heterocycles. The summed E-state index contributed by atoms with van der Waals surface area (Å²) in [5.74, 6) is -1.06. The molecule has 58 valence electrons. The van der Waals surface area contributed by atoms with Crippen molar-refractivity contribution in [3.05, 3.63) is 12.2 Å². The Morgan fingerprint density at radius 2 is 1.55 bits per heavy atom. The summed E-state index contributed by atoms with van der Waals surface area (Å²) in [5, 5.41) is 0. The van der Waals surface area contributed by atoms with Crippen LogP contribution in [0.5, 0.6) is 0 Å². The quantitative estimate of drug-likeness (QED) is 0.291. The number of esters is 2. The predicted molar refractivity (Wildman–Crippen MR) is 36.5 cm³/mol. The van der Waals surface area contributed by atoms with Gasteiger partial charge in [0.1, 0.15) is 0 Å². The van der Waals surface area contributed by atoms with E-state index < -0.39 is 0 Å². The number of cyclic esters (lactones) is 2. The van der Waals surface area contributed by atoms with Crippen LogP contribution in [0, 0.1) is 11.8 Å². The lowest BCUT2D eigenvalue weighted by Gasteiger charge is -2.12. The van der Waals surface area contributed by atoms with E-state index in [-0.39, 0.29) is 23.8 Å². The van der Waals surface area contributed by atoms with Gasteiger partial charge in [-0.3, -0.25) is 9.59 Å². The van der Waals surface area contributed by atoms with E-state index in [4.69, 9.17) is 0 Å². The van der Waals surface area contributed by atoms with Crippen LogP contribution >= 0.6 is 0 Å². The summed E-state index contributed by atoms with van der Waals surface area (Å²) in [6.07, 6.45) is 5.19. The van der Waals surface area contributed by atoms with E-state index in [1.807, 2.05) is 12.2 Å². The highest BCUT2D eigenvalue weighted by Crippen LogP contribution is 2.32. The molecule has 1 aliphatic carbocycles. The third-order valence-electron chi connectivity index (χ3n) is 2.24. The van der Waals surface area contributed by atoms with Crippen LogP contribution in [0.1, 0.15) is 12.8 Å². The molecule has 1 fully saturated rings. The van der Waals surface area contributed by atoms with Crippen molar-refractivity contribution in [2.24, 2.45) is 11.8 Å². The van der Waals surface area contributed by atoms with Gasteiger partial charge in [-0.1, -0.05) is 12.2 Å². The fourth-order valence-corrected chi connectivity index (χ4v) is 1.59. The van der Waals surface area contributed by atoms with Gasteiger partial charge in [0.2, 0.25) is 0 Å². The average Bonchev–Trinajstić information content (AvgIpc) is 2.30. The van der Waals surface area contributed by atoms with Crippen LogP contribution in [0.2, 0.25) is 0 Å². The molecule has 0 aromatic rings. The summed E-state index contributed by atoms with van der Waals surface area (Å²) in [5.41, 5.74) is 0. The van der Waals surface area contributed by atoms with Crippen LogP contribution in [0.25, 0.3) is 0 Å². The zero-order valence-electron chi connectivity index (χ0n) is 5.95. The van der Waals surface area contributed by atoms with Crippen molar-refractivity contribution < 1.29 is 14.3 Å². The Kier molecular flexibility index (Phi) is 1.31. The zero-order chi connectivity index (χ0) is 7.84. The van der Waals surface area contributed by atoms with Crippen molar-refractivity contribution in [1.82, 2.24) is 0 Å². The van der Waals surface area contributed by atoms with Gasteiger partial charge in [-0.25, -0.2) is 0 Å². The number of rotatable bonds is 0. The molecule has 3 nitrogen and oxygen atoms in total. The molecule has 0 saturated carbocycles. The molecular formula is C8H8O3. The monoisotopic (exact) mass is 152 g/mol. The van der Waals surface area contributed by atoms with Gasteiger partial charge in [0.05, 0.1) is 11.8 Å². The number of carbonyl (C=O) groups excluding carboxylic acids is 2. The van der Waals surface area contributed by atoms with Crippen molar-refractivity contribution >= 4 is 11.9 Å². The smallest absolute Gasteiger partial charge is 0.317 e. The van der Waals surface area contributed by atoms with Crippen molar-refractivity contribution in [3.8, 4) is 0 Å². The largest absolute Gasteiger partial charge is 0.393 e. The lowest BCUT2D eigenvalue weighted by atomic mass is 9.85. The molecule has 3 heteroatoms. The summed E-state index contributed by atoms with van der Waals surface area (Å²) < 4.78 is 4.49. The van der Waals surface area contributed by atoms with E-state index in [0.717, 1.165) is 0 Å². The third-order valence-corrected chi connectivity index (χ3v) is 2.24. The minimum Gasteiger partial charge on any atom is -0.393 e. The van der Waals surface area contributed by atoms with Gasteiger partial charge >= 0.3 is 11.9 Å². The number of ether oxygens (including phenoxy) is 1. The summed E-state index contributed by atoms with van der Waals surface area (Å²) in [6, 6.07) is 0. The number of allylic oxidation sites excluding steroid dienone is 2. The predicted octanol–water partition coefficient (Wildman–Crippen LogP) is 0.652. The summed E-state index contributed by atoms with van der Waals surface area (Å²) in [6.45, 7) is 0. The minimum atomic E-state index is -0.343. The van der Waals surface area contributed by atoms with Gasteiger partial charge in [0.15, 0.2) is 0 Å². The van der Waals surface area contributed by atoms with Crippen LogP contribution in [0.4, 0.5) is 0 Å². The lowest BCUT2D eigenvalue weighted by molar-refractivity contribution is -0.153. The molecule has 0 aromatic heterocycles. The van der Waals surface area contributed by atoms with Crippen LogP contribution in [-0.4, -0.2) is 11.9 Å². The molecule has 1 saturated heterocycles. The molecule has 2 atom stereocenters. The van der Waals surface area contributed by atoms with Crippen LogP contribution in [0.15, 0.2) is 12.2 Å². The highest BCUT2D eigenvalue weighted by atomic mass is 16.6. The van der Waals surface area contributed by atoms with Crippen LogP contribution in [0.3, 0.4) is 0 Å². The fourth-order valence-electron chi connectivity index (χ4n) is 1.59. The standard InChI is InChI=1S/C8H8O3/c9-7-5-3-1-2-4-6(5)8(10)11-7/h1-2,5-6H,3-4H2/t5-,6-/m0/s1. The highest BCUT2D eigenvalue weighted by Gasteiger charge is 2.43. The molecule has 0 N–H and O–H groups in total. The molecule has 0 amide bonds. The summed E-state index contributed by atoms with van der Waals surface area (Å²) >= 11 is 0. The maximum absolute atomic E-state index is 10.9. The Hall–Kier alpha value is -1.12. The summed E-state index contributed by atoms with van der Waals surface area (Å²) in [4.78, 5) is 21.9. The molecule has 0 spiro atoms. The Morgan fingerprint density at radius 1 is 1.09 bits per heavy atom. The van der Waals surface area contributed by atoms with Gasteiger partial charge in [0, 0.05) is 0 Å². The van der Waals surface area contributed by atoms with Gasteiger partial charge in [0.25, 0.3) is 0 Å². The molecule has 0 radical (unpaired) electrons. The third kappa shape index (κ3) is 0.878. The van der Waals surface area contributed by atoms with E-state index in [0.29, 0.717) is 12.8 Å². The number of carbonyl (C=O) groups is 2. The average molecular weight is 152 g/mol. The van der Waals surface area contributed by atoms with Gasteiger partial charge in [-0.2, -0.15) is 0 Å². The first kappa shape index (κ1) is 6.58. The van der Waals surface area contributed by atoms with Crippen LogP contribution < -0.4 is 0 Å². The Bertz CT molecular complexity index is 218. The van der Waals surface area contributed by atoms with E-state index in [1.54, 1.807) is 0 Å². The molecular weight excluding hydrogens is 144 g/mol. The fraction of sp³-hybridized carbons (Fsp3) is 0.500. The van der Waals surface area contributed by atoms with Crippen molar-refractivity contribution in [2.75, 3.05) is 0 Å². The van der Waals surface area contributed by atoms with E-state index in [9.17, 15) is 9.59 Å². The molecule has 11 heavy (non-hydrogen) atoms. The van der Waals surface area contributed by atoms with E-state index in [2.05, 4.69) is 4.74 Å². The van der Waals surface area contributed by atoms with Crippen LogP contribution in [-0.2, 0) is 14.3 Å². The number of fused-ring (bicyclic) bond motifs is 1. The maximum Gasteiger partial charge on any atom is 0.317 e. The normalized spacial score (nSPS) is 35.3. The van der Waals surface area contributed by atoms with E-state index in [1.165, 1.54) is 0 Å². The first-order valence-corrected chi connectivity index (χ1v) is 3.69. The maximum atomic E-state index is 10.9. The topological polar surface area (TPSA) is 43.4 Å².